The van der Waals surface area contributed by atoms with Crippen LogP contribution in [0.25, 0.3) is 0 Å². The molecule has 1 N–H and O–H groups in total. The van der Waals surface area contributed by atoms with Crippen LogP contribution in [-0.4, -0.2) is 82.3 Å². The highest BCUT2D eigenvalue weighted by molar-refractivity contribution is 5.99. The fourth-order valence-electron chi connectivity index (χ4n) is 6.27. The lowest BCUT2D eigenvalue weighted by Gasteiger charge is -2.38. The van der Waals surface area contributed by atoms with Gasteiger partial charge in [-0.05, 0) is 46.0 Å². The highest BCUT2D eigenvalue weighted by Crippen LogP contribution is 2.57. The summed E-state index contributed by atoms with van der Waals surface area (Å²) in [5, 5.41) is 9.48. The van der Waals surface area contributed by atoms with Crippen molar-refractivity contribution in [3.05, 3.63) is 24.3 Å². The summed E-state index contributed by atoms with van der Waals surface area (Å²) >= 11 is 0. The summed E-state index contributed by atoms with van der Waals surface area (Å²) in [5.74, 6) is -2.61. The molecule has 34 heavy (non-hydrogen) atoms. The van der Waals surface area contributed by atoms with Crippen molar-refractivity contribution in [1.29, 1.82) is 0 Å². The molecule has 2 unspecified atom stereocenters. The van der Waals surface area contributed by atoms with Crippen LogP contribution in [0, 0.1) is 11.8 Å². The summed E-state index contributed by atoms with van der Waals surface area (Å²) in [4.78, 5) is 44.7. The van der Waals surface area contributed by atoms with Crippen LogP contribution in [0.2, 0.25) is 0 Å². The van der Waals surface area contributed by atoms with Gasteiger partial charge in [-0.25, -0.2) is 0 Å². The van der Waals surface area contributed by atoms with Gasteiger partial charge in [-0.1, -0.05) is 37.6 Å². The fourth-order valence-corrected chi connectivity index (χ4v) is 6.27. The van der Waals surface area contributed by atoms with Crippen LogP contribution in [-0.2, 0) is 23.9 Å². The highest BCUT2D eigenvalue weighted by atomic mass is 16.6. The Morgan fingerprint density at radius 2 is 1.94 bits per heavy atom. The van der Waals surface area contributed by atoms with E-state index >= 15 is 0 Å². The first-order chi connectivity index (χ1) is 16.3. The molecule has 0 saturated carbocycles. The summed E-state index contributed by atoms with van der Waals surface area (Å²) in [6.45, 7) is 6.80. The van der Waals surface area contributed by atoms with Gasteiger partial charge in [0.05, 0.1) is 18.1 Å². The number of amides is 2. The first kappa shape index (κ1) is 24.9. The number of carbonyl (C=O) groups is 3. The van der Waals surface area contributed by atoms with Gasteiger partial charge >= 0.3 is 5.97 Å². The molecule has 188 valence electrons. The van der Waals surface area contributed by atoms with Crippen LogP contribution in [0.5, 0.6) is 0 Å². The molecule has 0 aromatic heterocycles. The third-order valence-electron chi connectivity index (χ3n) is 7.83. The Labute approximate surface area is 201 Å². The molecule has 4 rings (SSSR count). The second-order valence-electron chi connectivity index (χ2n) is 10.2. The summed E-state index contributed by atoms with van der Waals surface area (Å²) in [6, 6.07) is -0.876. The van der Waals surface area contributed by atoms with Gasteiger partial charge in [-0.3, -0.25) is 14.4 Å². The second kappa shape index (κ2) is 9.82. The maximum absolute atomic E-state index is 14.1. The number of nitrogens with zero attached hydrogens (tertiary/aromatic N) is 2. The maximum Gasteiger partial charge on any atom is 0.313 e. The predicted octanol–water partition coefficient (Wildman–Crippen LogP) is 2.21. The Morgan fingerprint density at radius 1 is 1.15 bits per heavy atom. The third kappa shape index (κ3) is 3.98. The first-order valence-corrected chi connectivity index (χ1v) is 12.7. The molecule has 2 fully saturated rings. The monoisotopic (exact) mass is 474 g/mol. The molecule has 0 aromatic carbocycles. The van der Waals surface area contributed by atoms with Gasteiger partial charge in [0.2, 0.25) is 11.8 Å². The van der Waals surface area contributed by atoms with Crippen LogP contribution >= 0.6 is 0 Å². The molecule has 8 nitrogen and oxygen atoms in total. The maximum atomic E-state index is 14.1. The fraction of sp³-hybridized carbons (Fsp3) is 0.731. The Hall–Kier alpha value is -2.19. The average molecular weight is 475 g/mol. The quantitative estimate of drug-likeness (QED) is 0.468. The molecular formula is C26H38N2O6. The number of rotatable bonds is 6. The van der Waals surface area contributed by atoms with Crippen molar-refractivity contribution in [2.45, 2.75) is 82.6 Å². The molecule has 0 aliphatic carbocycles. The molecule has 8 heteroatoms. The average Bonchev–Trinajstić information content (AvgIpc) is 3.12. The van der Waals surface area contributed by atoms with E-state index in [0.29, 0.717) is 19.6 Å². The van der Waals surface area contributed by atoms with E-state index in [9.17, 15) is 19.5 Å². The van der Waals surface area contributed by atoms with Gasteiger partial charge < -0.3 is 24.4 Å². The molecule has 2 saturated heterocycles. The van der Waals surface area contributed by atoms with E-state index in [1.54, 1.807) is 4.90 Å². The van der Waals surface area contributed by atoms with Gasteiger partial charge in [0.25, 0.3) is 0 Å². The number of likely N-dealkylation sites (tertiary alicyclic amines) is 1. The van der Waals surface area contributed by atoms with Crippen LogP contribution in [0.3, 0.4) is 0 Å². The number of fused-ring (bicyclic) bond motifs is 2. The SMILES string of the molecule is CCCC(C)N1CC=C[C@]23O[C@]4(C)/C=C\CCCCOC(=O)[C@@H]4[C@H]2C(=O)N(CCCO)C3C1=O. The number of allylic oxidation sites excluding steroid dienone is 1. The van der Waals surface area contributed by atoms with Crippen molar-refractivity contribution in [3.63, 3.8) is 0 Å². The normalized spacial score (nSPS) is 37.5. The largest absolute Gasteiger partial charge is 0.465 e. The number of hydrogen-bond acceptors (Lipinski definition) is 6. The zero-order valence-corrected chi connectivity index (χ0v) is 20.6. The number of hydrogen-bond donors (Lipinski definition) is 1. The molecular weight excluding hydrogens is 436 g/mol. The van der Waals surface area contributed by atoms with E-state index in [1.807, 2.05) is 43.1 Å². The van der Waals surface area contributed by atoms with E-state index in [2.05, 4.69) is 6.92 Å². The zero-order chi connectivity index (χ0) is 24.5. The molecule has 4 heterocycles. The topological polar surface area (TPSA) is 96.4 Å². The van der Waals surface area contributed by atoms with Gasteiger partial charge in [0, 0.05) is 25.7 Å². The van der Waals surface area contributed by atoms with E-state index < -0.39 is 35.0 Å². The molecule has 0 bridgehead atoms. The standard InChI is InChI=1S/C26H38N2O6/c1-4-11-18(2)27-14-9-13-26-19(22(30)28(15-10-16-29)21(26)23(27)31)20-24(32)33-17-8-6-5-7-12-25(20,3)34-26/h7,9,12-13,18-21,29H,4-6,8,10-11,14-17H2,1-3H3/b12-7-/t18?,19-,20-,21?,25+,26-/m0/s1. The smallest absolute Gasteiger partial charge is 0.313 e. The van der Waals surface area contributed by atoms with Gasteiger partial charge in [0.15, 0.2) is 0 Å². The summed E-state index contributed by atoms with van der Waals surface area (Å²) < 4.78 is 12.4. The van der Waals surface area contributed by atoms with Crippen molar-refractivity contribution in [2.24, 2.45) is 11.8 Å². The van der Waals surface area contributed by atoms with Crippen molar-refractivity contribution < 1.29 is 29.0 Å². The Morgan fingerprint density at radius 3 is 2.68 bits per heavy atom. The summed E-state index contributed by atoms with van der Waals surface area (Å²) in [5.41, 5.74) is -2.33. The Balaban J connectivity index is 1.82. The molecule has 0 radical (unpaired) electrons. The van der Waals surface area contributed by atoms with E-state index in [0.717, 1.165) is 32.1 Å². The molecule has 2 amide bonds. The van der Waals surface area contributed by atoms with Crippen molar-refractivity contribution in [2.75, 3.05) is 26.3 Å². The molecule has 6 atom stereocenters. The van der Waals surface area contributed by atoms with Crippen molar-refractivity contribution in [3.8, 4) is 0 Å². The zero-order valence-electron chi connectivity index (χ0n) is 20.6. The molecule has 4 aliphatic rings. The van der Waals surface area contributed by atoms with Crippen LogP contribution in [0.15, 0.2) is 24.3 Å². The summed E-state index contributed by atoms with van der Waals surface area (Å²) in [7, 11) is 0. The lowest BCUT2D eigenvalue weighted by atomic mass is 9.74. The number of aliphatic hydroxyl groups is 1. The van der Waals surface area contributed by atoms with Gasteiger partial charge in [-0.2, -0.15) is 0 Å². The number of cyclic esters (lactones) is 1. The molecule has 0 aromatic rings. The Kier molecular flexibility index (Phi) is 7.20. The number of esters is 1. The number of aliphatic hydroxyl groups excluding tert-OH is 1. The van der Waals surface area contributed by atoms with E-state index in [-0.39, 0.29) is 31.0 Å². The summed E-state index contributed by atoms with van der Waals surface area (Å²) in [6.07, 6.45) is 12.3. The molecule has 1 spiro atoms. The predicted molar refractivity (Wildman–Crippen MR) is 126 cm³/mol. The lowest BCUT2D eigenvalue weighted by Crippen LogP contribution is -2.57. The second-order valence-corrected chi connectivity index (χ2v) is 10.2. The van der Waals surface area contributed by atoms with Crippen molar-refractivity contribution >= 4 is 17.8 Å². The first-order valence-electron chi connectivity index (χ1n) is 12.7. The van der Waals surface area contributed by atoms with Gasteiger partial charge in [0.1, 0.15) is 17.6 Å². The van der Waals surface area contributed by atoms with E-state index in [1.165, 1.54) is 0 Å². The molecule has 4 aliphatic heterocycles. The van der Waals surface area contributed by atoms with E-state index in [4.69, 9.17) is 9.47 Å². The van der Waals surface area contributed by atoms with Crippen LogP contribution < -0.4 is 0 Å². The number of ether oxygens (including phenoxy) is 2. The van der Waals surface area contributed by atoms with Crippen LogP contribution in [0.4, 0.5) is 0 Å². The van der Waals surface area contributed by atoms with Gasteiger partial charge in [-0.15, -0.1) is 0 Å². The lowest BCUT2D eigenvalue weighted by molar-refractivity contribution is -0.160. The number of carbonyl (C=O) groups excluding carboxylic acids is 3. The van der Waals surface area contributed by atoms with Crippen molar-refractivity contribution in [1.82, 2.24) is 9.80 Å². The Bertz CT molecular complexity index is 871. The minimum absolute atomic E-state index is 0.00805. The highest BCUT2D eigenvalue weighted by Gasteiger charge is 2.74. The minimum Gasteiger partial charge on any atom is -0.465 e. The third-order valence-corrected chi connectivity index (χ3v) is 7.83. The minimum atomic E-state index is -1.26. The van der Waals surface area contributed by atoms with Crippen LogP contribution in [0.1, 0.15) is 59.3 Å².